The van der Waals surface area contributed by atoms with Crippen LogP contribution in [0.4, 0.5) is 0 Å². The Hall–Kier alpha value is -0.870. The maximum Gasteiger partial charge on any atom is 0.323 e. The van der Waals surface area contributed by atoms with Crippen molar-refractivity contribution in [3.8, 4) is 0 Å². The Balaban J connectivity index is 1.95. The molecule has 2 fully saturated rings. The van der Waals surface area contributed by atoms with E-state index in [4.69, 9.17) is 9.47 Å². The molecule has 0 aromatic heterocycles. The Morgan fingerprint density at radius 1 is 1.53 bits per heavy atom. The van der Waals surface area contributed by atoms with Crippen LogP contribution in [-0.4, -0.2) is 36.4 Å². The van der Waals surface area contributed by atoms with E-state index in [1.807, 2.05) is 26.8 Å². The summed E-state index contributed by atoms with van der Waals surface area (Å²) in [6, 6.07) is -0.0172. The minimum atomic E-state index is -0.434. The second kappa shape index (κ2) is 4.42. The molecule has 4 nitrogen and oxygen atoms in total. The van der Waals surface area contributed by atoms with Gasteiger partial charge in [0, 0.05) is 6.04 Å². The zero-order valence-corrected chi connectivity index (χ0v) is 10.7. The normalized spacial score (nSPS) is 36.6. The molecule has 4 atom stereocenters. The van der Waals surface area contributed by atoms with Crippen molar-refractivity contribution in [1.82, 2.24) is 5.32 Å². The van der Waals surface area contributed by atoms with Gasteiger partial charge in [0.2, 0.25) is 0 Å². The van der Waals surface area contributed by atoms with Gasteiger partial charge in [-0.15, -0.1) is 6.58 Å². The Bertz CT molecular complexity index is 317. The maximum atomic E-state index is 12.0. The lowest BCUT2D eigenvalue weighted by Gasteiger charge is -2.22. The van der Waals surface area contributed by atoms with Crippen molar-refractivity contribution in [2.45, 2.75) is 51.0 Å². The first-order chi connectivity index (χ1) is 7.90. The van der Waals surface area contributed by atoms with E-state index < -0.39 is 5.60 Å². The average Bonchev–Trinajstić information content (AvgIpc) is 2.95. The van der Waals surface area contributed by atoms with Crippen molar-refractivity contribution >= 4 is 5.97 Å². The molecule has 2 aliphatic rings. The number of epoxide rings is 1. The lowest BCUT2D eigenvalue weighted by Crippen LogP contribution is -2.42. The van der Waals surface area contributed by atoms with Gasteiger partial charge >= 0.3 is 5.97 Å². The number of hydrogen-bond donors (Lipinski definition) is 1. The molecule has 0 saturated carbocycles. The van der Waals surface area contributed by atoms with Crippen molar-refractivity contribution < 1.29 is 14.3 Å². The highest BCUT2D eigenvalue weighted by Gasteiger charge is 2.45. The van der Waals surface area contributed by atoms with E-state index in [0.717, 1.165) is 13.0 Å². The van der Waals surface area contributed by atoms with E-state index in [9.17, 15) is 4.79 Å². The van der Waals surface area contributed by atoms with E-state index >= 15 is 0 Å². The van der Waals surface area contributed by atoms with Crippen molar-refractivity contribution in [3.63, 3.8) is 0 Å². The Kier molecular flexibility index (Phi) is 3.27. The van der Waals surface area contributed by atoms with E-state index in [0.29, 0.717) is 5.92 Å². The summed E-state index contributed by atoms with van der Waals surface area (Å²) in [4.78, 5) is 12.0. The van der Waals surface area contributed by atoms with Gasteiger partial charge in [-0.05, 0) is 33.1 Å². The molecule has 0 amide bonds. The maximum absolute atomic E-state index is 12.0. The van der Waals surface area contributed by atoms with E-state index in [-0.39, 0.29) is 24.2 Å². The highest BCUT2D eigenvalue weighted by Crippen LogP contribution is 2.31. The fourth-order valence-corrected chi connectivity index (χ4v) is 2.27. The summed E-state index contributed by atoms with van der Waals surface area (Å²) in [6.45, 7) is 10.2. The molecule has 0 aromatic rings. The van der Waals surface area contributed by atoms with Crippen LogP contribution in [0.1, 0.15) is 27.2 Å². The van der Waals surface area contributed by atoms with Crippen molar-refractivity contribution in [2.75, 3.05) is 6.61 Å². The second-order valence-electron chi connectivity index (χ2n) is 5.79. The molecule has 0 radical (unpaired) electrons. The average molecular weight is 239 g/mol. The summed E-state index contributed by atoms with van der Waals surface area (Å²) in [5.74, 6) is 0.118. The molecule has 1 N–H and O–H groups in total. The Morgan fingerprint density at radius 2 is 2.18 bits per heavy atom. The summed E-state index contributed by atoms with van der Waals surface area (Å²) in [5, 5.41) is 3.31. The summed E-state index contributed by atoms with van der Waals surface area (Å²) >= 11 is 0. The molecule has 4 heteroatoms. The van der Waals surface area contributed by atoms with Crippen molar-refractivity contribution in [2.24, 2.45) is 5.92 Å². The number of nitrogens with one attached hydrogen (secondary N) is 1. The predicted octanol–water partition coefficient (Wildman–Crippen LogP) is 1.26. The third-order valence-corrected chi connectivity index (χ3v) is 3.12. The molecule has 0 aliphatic carbocycles. The van der Waals surface area contributed by atoms with Crippen LogP contribution >= 0.6 is 0 Å². The number of esters is 1. The standard InChI is InChI=1S/C13H21NO3/c1-5-8-6-9(12(15)17-13(2,3)4)14-11(8)10-7-16-10/h5,8-11,14H,1,6-7H2,2-4H3/t8-,9+,10?,11+/m1/s1. The highest BCUT2D eigenvalue weighted by molar-refractivity contribution is 5.76. The van der Waals surface area contributed by atoms with Crippen LogP contribution < -0.4 is 5.32 Å². The van der Waals surface area contributed by atoms with Crippen molar-refractivity contribution in [1.29, 1.82) is 0 Å². The van der Waals surface area contributed by atoms with Crippen LogP contribution in [0.2, 0.25) is 0 Å². The van der Waals surface area contributed by atoms with Gasteiger partial charge in [0.15, 0.2) is 0 Å². The fraction of sp³-hybridized carbons (Fsp3) is 0.769. The van der Waals surface area contributed by atoms with Crippen LogP contribution in [0.25, 0.3) is 0 Å². The topological polar surface area (TPSA) is 50.9 Å². The first kappa shape index (κ1) is 12.6. The van der Waals surface area contributed by atoms with E-state index in [2.05, 4.69) is 11.9 Å². The lowest BCUT2D eigenvalue weighted by atomic mass is 9.97. The fourth-order valence-electron chi connectivity index (χ4n) is 2.27. The van der Waals surface area contributed by atoms with Gasteiger partial charge in [0.05, 0.1) is 12.7 Å². The van der Waals surface area contributed by atoms with Crippen LogP contribution in [-0.2, 0) is 14.3 Å². The Morgan fingerprint density at radius 3 is 2.65 bits per heavy atom. The minimum absolute atomic E-state index is 0.174. The number of rotatable bonds is 3. The summed E-state index contributed by atoms with van der Waals surface area (Å²) in [6.07, 6.45) is 2.90. The molecule has 0 spiro atoms. The van der Waals surface area contributed by atoms with Gasteiger partial charge in [0.1, 0.15) is 11.6 Å². The molecule has 2 aliphatic heterocycles. The van der Waals surface area contributed by atoms with Gasteiger partial charge in [-0.3, -0.25) is 10.1 Å². The quantitative estimate of drug-likeness (QED) is 0.457. The number of ether oxygens (including phenoxy) is 2. The van der Waals surface area contributed by atoms with E-state index in [1.165, 1.54) is 0 Å². The third kappa shape index (κ3) is 3.07. The summed E-state index contributed by atoms with van der Waals surface area (Å²) in [7, 11) is 0. The molecule has 2 saturated heterocycles. The SMILES string of the molecule is C=C[C@@H]1C[C@@H](C(=O)OC(C)(C)C)N[C@@H]1C1CO1. The smallest absolute Gasteiger partial charge is 0.323 e. The van der Waals surface area contributed by atoms with Gasteiger partial charge in [0.25, 0.3) is 0 Å². The monoisotopic (exact) mass is 239 g/mol. The largest absolute Gasteiger partial charge is 0.459 e. The highest BCUT2D eigenvalue weighted by atomic mass is 16.6. The lowest BCUT2D eigenvalue weighted by molar-refractivity contribution is -0.157. The molecule has 2 heterocycles. The molecule has 0 bridgehead atoms. The predicted molar refractivity (Wildman–Crippen MR) is 64.6 cm³/mol. The third-order valence-electron chi connectivity index (χ3n) is 3.12. The van der Waals surface area contributed by atoms with Gasteiger partial charge in [-0.2, -0.15) is 0 Å². The van der Waals surface area contributed by atoms with E-state index in [1.54, 1.807) is 0 Å². The number of hydrogen-bond acceptors (Lipinski definition) is 4. The zero-order chi connectivity index (χ0) is 12.6. The van der Waals surface area contributed by atoms with Gasteiger partial charge in [-0.25, -0.2) is 0 Å². The minimum Gasteiger partial charge on any atom is -0.459 e. The number of carbonyl (C=O) groups is 1. The molecule has 2 rings (SSSR count). The van der Waals surface area contributed by atoms with Gasteiger partial charge in [-0.1, -0.05) is 6.08 Å². The summed E-state index contributed by atoms with van der Waals surface area (Å²) in [5.41, 5.74) is -0.434. The summed E-state index contributed by atoms with van der Waals surface area (Å²) < 4.78 is 10.7. The molecule has 17 heavy (non-hydrogen) atoms. The van der Waals surface area contributed by atoms with Gasteiger partial charge < -0.3 is 9.47 Å². The van der Waals surface area contributed by atoms with Crippen LogP contribution in [0.15, 0.2) is 12.7 Å². The van der Waals surface area contributed by atoms with Crippen LogP contribution in [0, 0.1) is 5.92 Å². The molecular formula is C13H21NO3. The molecule has 1 unspecified atom stereocenters. The Labute approximate surface area is 102 Å². The first-order valence-corrected chi connectivity index (χ1v) is 6.14. The first-order valence-electron chi connectivity index (χ1n) is 6.14. The van der Waals surface area contributed by atoms with Crippen molar-refractivity contribution in [3.05, 3.63) is 12.7 Å². The molecular weight excluding hydrogens is 218 g/mol. The van der Waals surface area contributed by atoms with Crippen LogP contribution in [0.3, 0.4) is 0 Å². The van der Waals surface area contributed by atoms with Crippen LogP contribution in [0.5, 0.6) is 0 Å². The second-order valence-corrected chi connectivity index (χ2v) is 5.79. The number of carbonyl (C=O) groups excluding carboxylic acids is 1. The molecule has 0 aromatic carbocycles. The zero-order valence-electron chi connectivity index (χ0n) is 10.7. The molecule has 96 valence electrons.